The Morgan fingerprint density at radius 3 is 1.62 bits per heavy atom. The number of alkyl halides is 2. The lowest BCUT2D eigenvalue weighted by molar-refractivity contribution is 0.206. The Morgan fingerprint density at radius 1 is 1.12 bits per heavy atom. The van der Waals surface area contributed by atoms with E-state index in [0.29, 0.717) is 12.8 Å². The molecular weight excluding hydrogens is 110 g/mol. The zero-order valence-electron chi connectivity index (χ0n) is 4.90. The molecular formula is C6H10F2. The maximum absolute atomic E-state index is 12.3. The Bertz CT molecular complexity index is 72.6. The topological polar surface area (TPSA) is 0 Å². The number of halogens is 2. The first-order valence-corrected chi connectivity index (χ1v) is 3.00. The molecule has 0 aromatic heterocycles. The second-order valence-corrected chi connectivity index (χ2v) is 2.47. The molecule has 0 aliphatic heterocycles. The zero-order chi connectivity index (χ0) is 6.15. The molecule has 1 aliphatic rings. The first-order valence-electron chi connectivity index (χ1n) is 3.00. The molecule has 0 heterocycles. The quantitative estimate of drug-likeness (QED) is 0.459. The molecule has 1 fully saturated rings. The highest BCUT2D eigenvalue weighted by atomic mass is 19.1. The van der Waals surface area contributed by atoms with Gasteiger partial charge in [-0.25, -0.2) is 8.78 Å². The maximum Gasteiger partial charge on any atom is 0.106 e. The van der Waals surface area contributed by atoms with Crippen LogP contribution in [-0.2, 0) is 0 Å². The largest absolute Gasteiger partial charge is 0.247 e. The van der Waals surface area contributed by atoms with Crippen LogP contribution in [0.2, 0.25) is 0 Å². The van der Waals surface area contributed by atoms with Gasteiger partial charge >= 0.3 is 0 Å². The van der Waals surface area contributed by atoms with Crippen molar-refractivity contribution >= 4 is 0 Å². The zero-order valence-corrected chi connectivity index (χ0v) is 4.90. The Morgan fingerprint density at radius 2 is 1.50 bits per heavy atom. The van der Waals surface area contributed by atoms with Crippen molar-refractivity contribution in [2.45, 2.75) is 32.1 Å². The summed E-state index contributed by atoms with van der Waals surface area (Å²) in [5, 5.41) is 0. The van der Waals surface area contributed by atoms with E-state index in [1.54, 1.807) is 6.92 Å². The van der Waals surface area contributed by atoms with Gasteiger partial charge in [0.15, 0.2) is 0 Å². The Balaban J connectivity index is 2.44. The summed E-state index contributed by atoms with van der Waals surface area (Å²) in [5.74, 6) is -0.352. The third-order valence-electron chi connectivity index (χ3n) is 1.86. The molecule has 0 radical (unpaired) electrons. The van der Waals surface area contributed by atoms with E-state index in [9.17, 15) is 8.78 Å². The molecule has 0 saturated heterocycles. The average Bonchev–Trinajstić information content (AvgIpc) is 1.98. The van der Waals surface area contributed by atoms with Gasteiger partial charge in [0.25, 0.3) is 0 Å². The summed E-state index contributed by atoms with van der Waals surface area (Å²) >= 11 is 0. The van der Waals surface area contributed by atoms with Crippen molar-refractivity contribution in [3.05, 3.63) is 0 Å². The molecule has 0 amide bonds. The van der Waals surface area contributed by atoms with Crippen LogP contribution in [0.3, 0.4) is 0 Å². The van der Waals surface area contributed by atoms with Crippen LogP contribution in [0.25, 0.3) is 0 Å². The van der Waals surface area contributed by atoms with Gasteiger partial charge in [-0.05, 0) is 12.8 Å². The molecule has 1 aliphatic carbocycles. The average molecular weight is 120 g/mol. The van der Waals surface area contributed by atoms with Crippen molar-refractivity contribution < 1.29 is 8.78 Å². The molecule has 1 saturated carbocycles. The van der Waals surface area contributed by atoms with E-state index in [1.165, 1.54) is 0 Å². The van der Waals surface area contributed by atoms with E-state index in [2.05, 4.69) is 0 Å². The standard InChI is InChI=1S/C6H10F2/c1-4-5(7)2-3-6(4)8/h4-6H,2-3H2,1H3. The summed E-state index contributed by atoms with van der Waals surface area (Å²) in [6, 6.07) is 0. The summed E-state index contributed by atoms with van der Waals surface area (Å²) < 4.78 is 24.7. The van der Waals surface area contributed by atoms with Crippen molar-refractivity contribution in [1.82, 2.24) is 0 Å². The molecule has 0 nitrogen and oxygen atoms in total. The van der Waals surface area contributed by atoms with Gasteiger partial charge in [-0.15, -0.1) is 0 Å². The van der Waals surface area contributed by atoms with Crippen LogP contribution in [0.5, 0.6) is 0 Å². The fourth-order valence-corrected chi connectivity index (χ4v) is 1.07. The molecule has 0 aromatic rings. The molecule has 1 rings (SSSR count). The third-order valence-corrected chi connectivity index (χ3v) is 1.86. The second kappa shape index (κ2) is 2.00. The minimum atomic E-state index is -0.884. The van der Waals surface area contributed by atoms with E-state index in [-0.39, 0.29) is 5.92 Å². The first-order chi connectivity index (χ1) is 3.72. The van der Waals surface area contributed by atoms with Gasteiger partial charge in [0.2, 0.25) is 0 Å². The van der Waals surface area contributed by atoms with E-state index in [4.69, 9.17) is 0 Å². The van der Waals surface area contributed by atoms with Gasteiger partial charge in [-0.3, -0.25) is 0 Å². The summed E-state index contributed by atoms with van der Waals surface area (Å²) in [4.78, 5) is 0. The SMILES string of the molecule is CC1C(F)CCC1F. The summed E-state index contributed by atoms with van der Waals surface area (Å²) in [7, 11) is 0. The minimum Gasteiger partial charge on any atom is -0.247 e. The molecule has 48 valence electrons. The second-order valence-electron chi connectivity index (χ2n) is 2.47. The fraction of sp³-hybridized carbons (Fsp3) is 1.00. The van der Waals surface area contributed by atoms with Crippen LogP contribution >= 0.6 is 0 Å². The van der Waals surface area contributed by atoms with Gasteiger partial charge in [-0.2, -0.15) is 0 Å². The Labute approximate surface area is 47.9 Å². The van der Waals surface area contributed by atoms with Crippen LogP contribution in [-0.4, -0.2) is 12.3 Å². The van der Waals surface area contributed by atoms with Crippen molar-refractivity contribution in [3.63, 3.8) is 0 Å². The molecule has 0 aromatic carbocycles. The molecule has 0 spiro atoms. The van der Waals surface area contributed by atoms with Gasteiger partial charge in [0, 0.05) is 5.92 Å². The van der Waals surface area contributed by atoms with Crippen molar-refractivity contribution in [2.75, 3.05) is 0 Å². The molecule has 0 bridgehead atoms. The molecule has 2 atom stereocenters. The van der Waals surface area contributed by atoms with Gasteiger partial charge in [0.05, 0.1) is 0 Å². The van der Waals surface area contributed by atoms with E-state index in [1.807, 2.05) is 0 Å². The first kappa shape index (κ1) is 5.99. The fourth-order valence-electron chi connectivity index (χ4n) is 1.07. The van der Waals surface area contributed by atoms with E-state index >= 15 is 0 Å². The molecule has 0 N–H and O–H groups in total. The highest BCUT2D eigenvalue weighted by molar-refractivity contribution is 4.81. The van der Waals surface area contributed by atoms with Crippen LogP contribution in [0, 0.1) is 5.92 Å². The number of rotatable bonds is 0. The normalized spacial score (nSPS) is 47.6. The number of hydrogen-bond donors (Lipinski definition) is 0. The van der Waals surface area contributed by atoms with Gasteiger partial charge < -0.3 is 0 Å². The maximum atomic E-state index is 12.3. The Hall–Kier alpha value is -0.140. The lowest BCUT2D eigenvalue weighted by atomic mass is 10.1. The lowest BCUT2D eigenvalue weighted by Crippen LogP contribution is -2.11. The molecule has 8 heavy (non-hydrogen) atoms. The monoisotopic (exact) mass is 120 g/mol. The van der Waals surface area contributed by atoms with Crippen LogP contribution < -0.4 is 0 Å². The van der Waals surface area contributed by atoms with E-state index in [0.717, 1.165) is 0 Å². The minimum absolute atomic E-state index is 0.352. The van der Waals surface area contributed by atoms with Gasteiger partial charge in [0.1, 0.15) is 12.3 Å². The molecule has 2 unspecified atom stereocenters. The summed E-state index contributed by atoms with van der Waals surface area (Å²) in [6.07, 6.45) is -0.931. The summed E-state index contributed by atoms with van der Waals surface area (Å²) in [5.41, 5.74) is 0. The highest BCUT2D eigenvalue weighted by Gasteiger charge is 2.32. The van der Waals surface area contributed by atoms with Crippen LogP contribution in [0.4, 0.5) is 8.78 Å². The van der Waals surface area contributed by atoms with Crippen molar-refractivity contribution in [1.29, 1.82) is 0 Å². The predicted octanol–water partition coefficient (Wildman–Crippen LogP) is 2.09. The van der Waals surface area contributed by atoms with Crippen molar-refractivity contribution in [2.24, 2.45) is 5.92 Å². The highest BCUT2D eigenvalue weighted by Crippen LogP contribution is 2.30. The van der Waals surface area contributed by atoms with Gasteiger partial charge in [-0.1, -0.05) is 6.92 Å². The lowest BCUT2D eigenvalue weighted by Gasteiger charge is -2.05. The van der Waals surface area contributed by atoms with Crippen molar-refractivity contribution in [3.8, 4) is 0 Å². The smallest absolute Gasteiger partial charge is 0.106 e. The predicted molar refractivity (Wildman–Crippen MR) is 28.2 cm³/mol. The third kappa shape index (κ3) is 0.837. The number of hydrogen-bond acceptors (Lipinski definition) is 0. The van der Waals surface area contributed by atoms with Crippen LogP contribution in [0.15, 0.2) is 0 Å². The van der Waals surface area contributed by atoms with Crippen LogP contribution in [0.1, 0.15) is 19.8 Å². The molecule has 2 heteroatoms. The Kier molecular flexibility index (Phi) is 1.49. The summed E-state index contributed by atoms with van der Waals surface area (Å²) in [6.45, 7) is 1.63. The van der Waals surface area contributed by atoms with E-state index < -0.39 is 12.3 Å².